The van der Waals surface area contributed by atoms with Crippen molar-refractivity contribution >= 4 is 34.6 Å². The van der Waals surface area contributed by atoms with Crippen LogP contribution in [0.15, 0.2) is 42.5 Å². The summed E-state index contributed by atoms with van der Waals surface area (Å²) in [6, 6.07) is 13.3. The van der Waals surface area contributed by atoms with Crippen molar-refractivity contribution in [3.63, 3.8) is 0 Å². The molecule has 0 radical (unpaired) electrons. The minimum atomic E-state index is -0.434. The summed E-state index contributed by atoms with van der Waals surface area (Å²) in [6.45, 7) is 0.638. The molecule has 1 N–H and O–H groups in total. The molecule has 2 aromatic carbocycles. The first kappa shape index (κ1) is 22.0. The van der Waals surface area contributed by atoms with Gasteiger partial charge >= 0.3 is 12.1 Å². The first-order valence-electron chi connectivity index (χ1n) is 10.5. The summed E-state index contributed by atoms with van der Waals surface area (Å²) in [5.74, 6) is 0.243. The van der Waals surface area contributed by atoms with E-state index in [0.717, 1.165) is 22.2 Å². The number of para-hydroxylation sites is 1. The summed E-state index contributed by atoms with van der Waals surface area (Å²) >= 11 is 6.41. The highest BCUT2D eigenvalue weighted by atomic mass is 35.5. The van der Waals surface area contributed by atoms with Gasteiger partial charge in [-0.2, -0.15) is 0 Å². The van der Waals surface area contributed by atoms with E-state index in [0.29, 0.717) is 30.2 Å². The Hall–Kier alpha value is -3.19. The smallest absolute Gasteiger partial charge is 0.410 e. The van der Waals surface area contributed by atoms with Crippen molar-refractivity contribution in [1.29, 1.82) is 0 Å². The third kappa shape index (κ3) is 4.25. The first-order chi connectivity index (χ1) is 15.5. The number of carbonyl (C=O) groups is 2. The largest absolute Gasteiger partial charge is 0.495 e. The molecule has 4 rings (SSSR count). The Morgan fingerprint density at radius 3 is 2.75 bits per heavy atom. The Morgan fingerprint density at radius 2 is 2.00 bits per heavy atom. The number of fused-ring (bicyclic) bond motifs is 3. The number of nitrogens with zero attached hydrogens (tertiary/aromatic N) is 1. The first-order valence-corrected chi connectivity index (χ1v) is 10.8. The predicted octanol–water partition coefficient (Wildman–Crippen LogP) is 4.87. The van der Waals surface area contributed by atoms with Gasteiger partial charge in [-0.1, -0.05) is 35.9 Å². The van der Waals surface area contributed by atoms with E-state index in [1.807, 2.05) is 30.3 Å². The van der Waals surface area contributed by atoms with Crippen molar-refractivity contribution in [2.75, 3.05) is 27.4 Å². The number of carbonyl (C=O) groups excluding carboxylic acids is 2. The highest BCUT2D eigenvalue weighted by Gasteiger charge is 2.35. The van der Waals surface area contributed by atoms with Crippen LogP contribution in [0.25, 0.3) is 10.9 Å². The summed E-state index contributed by atoms with van der Waals surface area (Å²) in [4.78, 5) is 29.6. The van der Waals surface area contributed by atoms with Gasteiger partial charge in [0.1, 0.15) is 11.8 Å². The van der Waals surface area contributed by atoms with Gasteiger partial charge in [0.15, 0.2) is 0 Å². The number of benzene rings is 2. The molecular formula is C24H25ClN2O5. The summed E-state index contributed by atoms with van der Waals surface area (Å²) in [7, 11) is 2.90. The zero-order chi connectivity index (χ0) is 22.7. The molecule has 1 aliphatic heterocycles. The lowest BCUT2D eigenvalue weighted by Gasteiger charge is -2.35. The summed E-state index contributed by atoms with van der Waals surface area (Å²) in [6.07, 6.45) is 0.879. The third-order valence-electron chi connectivity index (χ3n) is 5.74. The average Bonchev–Trinajstić information content (AvgIpc) is 3.19. The minimum absolute atomic E-state index is 0.139. The fourth-order valence-corrected chi connectivity index (χ4v) is 4.46. The standard InChI is InChI=1S/C24H25ClN2O5/c1-30-20-10-9-15(14-18(20)25)23-22-17(16-6-3-4-7-19(16)26-22)11-12-27(23)24(29)32-13-5-8-21(28)31-2/h3-4,6-7,9-10,14,23,26H,5,8,11-13H2,1-2H3. The van der Waals surface area contributed by atoms with Crippen LogP contribution < -0.4 is 4.74 Å². The lowest BCUT2D eigenvalue weighted by atomic mass is 9.92. The van der Waals surface area contributed by atoms with E-state index >= 15 is 0 Å². The number of aromatic amines is 1. The Bertz CT molecular complexity index is 1140. The second-order valence-corrected chi connectivity index (χ2v) is 8.00. The van der Waals surface area contributed by atoms with Crippen molar-refractivity contribution in [3.8, 4) is 5.75 Å². The number of esters is 1. The number of aromatic nitrogens is 1. The molecular weight excluding hydrogens is 432 g/mol. The number of methoxy groups -OCH3 is 2. The molecule has 32 heavy (non-hydrogen) atoms. The molecule has 1 aliphatic rings. The summed E-state index contributed by atoms with van der Waals surface area (Å²) in [5.41, 5.74) is 4.02. The number of nitrogens with one attached hydrogen (secondary N) is 1. The van der Waals surface area contributed by atoms with E-state index in [-0.39, 0.29) is 25.0 Å². The second-order valence-electron chi connectivity index (χ2n) is 7.60. The van der Waals surface area contributed by atoms with Crippen LogP contribution in [-0.4, -0.2) is 49.3 Å². The Kier molecular flexibility index (Phi) is 6.55. The Morgan fingerprint density at radius 1 is 1.19 bits per heavy atom. The zero-order valence-corrected chi connectivity index (χ0v) is 18.8. The van der Waals surface area contributed by atoms with Crippen LogP contribution in [0.3, 0.4) is 0 Å². The van der Waals surface area contributed by atoms with Gasteiger partial charge in [0, 0.05) is 29.6 Å². The van der Waals surface area contributed by atoms with Gasteiger partial charge in [-0.15, -0.1) is 0 Å². The van der Waals surface area contributed by atoms with E-state index in [1.165, 1.54) is 12.7 Å². The minimum Gasteiger partial charge on any atom is -0.495 e. The molecule has 0 saturated carbocycles. The maximum atomic E-state index is 13.0. The van der Waals surface area contributed by atoms with Crippen LogP contribution >= 0.6 is 11.6 Å². The molecule has 0 fully saturated rings. The molecule has 1 unspecified atom stereocenters. The van der Waals surface area contributed by atoms with Gasteiger partial charge in [-0.05, 0) is 42.2 Å². The molecule has 0 bridgehead atoms. The van der Waals surface area contributed by atoms with Gasteiger partial charge in [0.2, 0.25) is 0 Å². The number of hydrogen-bond donors (Lipinski definition) is 1. The van der Waals surface area contributed by atoms with Crippen molar-refractivity contribution in [3.05, 3.63) is 64.3 Å². The Balaban J connectivity index is 1.66. The average molecular weight is 457 g/mol. The molecule has 3 aromatic rings. The lowest BCUT2D eigenvalue weighted by molar-refractivity contribution is -0.140. The molecule has 1 atom stereocenters. The van der Waals surface area contributed by atoms with E-state index in [4.69, 9.17) is 21.1 Å². The topological polar surface area (TPSA) is 80.9 Å². The SMILES string of the molecule is COC(=O)CCCOC(=O)N1CCc2c([nH]c3ccccc23)C1c1ccc(OC)c(Cl)c1. The predicted molar refractivity (Wildman–Crippen MR) is 121 cm³/mol. The van der Waals surface area contributed by atoms with Crippen LogP contribution in [0.5, 0.6) is 5.75 Å². The molecule has 8 heteroatoms. The second kappa shape index (κ2) is 9.53. The molecule has 0 spiro atoms. The maximum Gasteiger partial charge on any atom is 0.410 e. The van der Waals surface area contributed by atoms with Crippen LogP contribution in [0.1, 0.15) is 35.7 Å². The van der Waals surface area contributed by atoms with Crippen LogP contribution in [0, 0.1) is 0 Å². The van der Waals surface area contributed by atoms with E-state index < -0.39 is 6.09 Å². The molecule has 1 aromatic heterocycles. The summed E-state index contributed by atoms with van der Waals surface area (Å²) < 4.78 is 15.4. The number of H-pyrrole nitrogens is 1. The number of halogens is 1. The van der Waals surface area contributed by atoms with E-state index in [2.05, 4.69) is 15.8 Å². The summed E-state index contributed by atoms with van der Waals surface area (Å²) in [5, 5.41) is 1.62. The van der Waals surface area contributed by atoms with Gasteiger partial charge < -0.3 is 19.2 Å². The molecule has 168 valence electrons. The van der Waals surface area contributed by atoms with Crippen LogP contribution in [-0.2, 0) is 20.7 Å². The lowest BCUT2D eigenvalue weighted by Crippen LogP contribution is -2.41. The highest BCUT2D eigenvalue weighted by Crippen LogP contribution is 2.40. The number of hydrogen-bond acceptors (Lipinski definition) is 5. The Labute approximate surface area is 191 Å². The normalized spacial score (nSPS) is 15.3. The fourth-order valence-electron chi connectivity index (χ4n) is 4.20. The van der Waals surface area contributed by atoms with Gasteiger partial charge in [0.05, 0.1) is 25.8 Å². The highest BCUT2D eigenvalue weighted by molar-refractivity contribution is 6.32. The van der Waals surface area contributed by atoms with E-state index in [9.17, 15) is 9.59 Å². The monoisotopic (exact) mass is 456 g/mol. The van der Waals surface area contributed by atoms with Crippen molar-refractivity contribution in [2.45, 2.75) is 25.3 Å². The molecule has 1 amide bonds. The van der Waals surface area contributed by atoms with Crippen LogP contribution in [0.2, 0.25) is 5.02 Å². The van der Waals surface area contributed by atoms with Crippen molar-refractivity contribution in [1.82, 2.24) is 9.88 Å². The fraction of sp³-hybridized carbons (Fsp3) is 0.333. The molecule has 2 heterocycles. The van der Waals surface area contributed by atoms with Crippen LogP contribution in [0.4, 0.5) is 4.79 Å². The molecule has 0 aliphatic carbocycles. The maximum absolute atomic E-state index is 13.0. The van der Waals surface area contributed by atoms with Crippen molar-refractivity contribution < 1.29 is 23.8 Å². The van der Waals surface area contributed by atoms with E-state index in [1.54, 1.807) is 18.1 Å². The van der Waals surface area contributed by atoms with Crippen molar-refractivity contribution in [2.24, 2.45) is 0 Å². The van der Waals surface area contributed by atoms with Gasteiger partial charge in [0.25, 0.3) is 0 Å². The number of rotatable bonds is 6. The molecule has 7 nitrogen and oxygen atoms in total. The molecule has 0 saturated heterocycles. The number of ether oxygens (including phenoxy) is 3. The quantitative estimate of drug-likeness (QED) is 0.423. The van der Waals surface area contributed by atoms with Gasteiger partial charge in [-0.25, -0.2) is 4.79 Å². The number of amides is 1. The van der Waals surface area contributed by atoms with Gasteiger partial charge in [-0.3, -0.25) is 9.69 Å². The third-order valence-corrected chi connectivity index (χ3v) is 6.03. The zero-order valence-electron chi connectivity index (χ0n) is 18.0.